The molecule has 0 radical (unpaired) electrons. The molecule has 4 heteroatoms. The average molecular weight is 295 g/mol. The van der Waals surface area contributed by atoms with Crippen LogP contribution in [0.4, 0.5) is 4.79 Å². The van der Waals surface area contributed by atoms with E-state index in [0.717, 1.165) is 13.1 Å². The number of carbonyl (C=O) groups is 1. The van der Waals surface area contributed by atoms with Gasteiger partial charge in [-0.3, -0.25) is 0 Å². The van der Waals surface area contributed by atoms with Gasteiger partial charge in [-0.25, -0.2) is 4.79 Å². The van der Waals surface area contributed by atoms with Gasteiger partial charge in [-0.05, 0) is 71.9 Å². The van der Waals surface area contributed by atoms with Crippen molar-refractivity contribution in [3.8, 4) is 0 Å². The predicted octanol–water partition coefficient (Wildman–Crippen LogP) is 3.03. The van der Waals surface area contributed by atoms with Crippen LogP contribution in [0.15, 0.2) is 0 Å². The quantitative estimate of drug-likeness (QED) is 0.783. The molecule has 0 aromatic heterocycles. The Morgan fingerprint density at radius 1 is 0.952 bits per heavy atom. The van der Waals surface area contributed by atoms with Crippen LogP contribution in [0.1, 0.15) is 53.4 Å². The molecule has 0 N–H and O–H groups in total. The highest BCUT2D eigenvalue weighted by Crippen LogP contribution is 2.41. The molecule has 21 heavy (non-hydrogen) atoms. The number of carbonyl (C=O) groups excluding carboxylic acids is 1. The SMILES string of the molecule is CC(C)N1CCC2(CCN(C(=O)N(C)C(C)C)CC2)CC1. The van der Waals surface area contributed by atoms with E-state index in [1.54, 1.807) is 0 Å². The minimum atomic E-state index is 0.208. The van der Waals surface area contributed by atoms with Gasteiger partial charge >= 0.3 is 6.03 Å². The van der Waals surface area contributed by atoms with E-state index in [2.05, 4.69) is 37.5 Å². The summed E-state index contributed by atoms with van der Waals surface area (Å²) >= 11 is 0. The topological polar surface area (TPSA) is 26.8 Å². The van der Waals surface area contributed by atoms with E-state index in [1.807, 2.05) is 11.9 Å². The summed E-state index contributed by atoms with van der Waals surface area (Å²) in [6.07, 6.45) is 5.01. The molecule has 1 spiro atoms. The van der Waals surface area contributed by atoms with E-state index in [9.17, 15) is 4.79 Å². The molecule has 0 bridgehead atoms. The third kappa shape index (κ3) is 3.71. The fraction of sp³-hybridized carbons (Fsp3) is 0.941. The lowest BCUT2D eigenvalue weighted by Gasteiger charge is -2.48. The molecule has 2 rings (SSSR count). The second kappa shape index (κ2) is 6.55. The zero-order valence-electron chi connectivity index (χ0n) is 14.6. The van der Waals surface area contributed by atoms with Gasteiger partial charge in [-0.15, -0.1) is 0 Å². The molecule has 2 heterocycles. The maximum absolute atomic E-state index is 12.4. The monoisotopic (exact) mass is 295 g/mol. The number of nitrogens with zero attached hydrogens (tertiary/aromatic N) is 3. The lowest BCUT2D eigenvalue weighted by molar-refractivity contribution is 0.0295. The molecule has 2 saturated heterocycles. The van der Waals surface area contributed by atoms with Gasteiger partial charge in [0.15, 0.2) is 0 Å². The Labute approximate surface area is 130 Å². The van der Waals surface area contributed by atoms with Crippen LogP contribution < -0.4 is 0 Å². The standard InChI is InChI=1S/C17H33N3O/c1-14(2)18(5)16(21)20-12-8-17(9-13-20)6-10-19(11-7-17)15(3)4/h14-15H,6-13H2,1-5H3. The predicted molar refractivity (Wildman–Crippen MR) is 87.5 cm³/mol. The molecular weight excluding hydrogens is 262 g/mol. The first kappa shape index (κ1) is 16.6. The molecule has 0 aromatic rings. The molecule has 2 amide bonds. The third-order valence-corrected chi connectivity index (χ3v) is 5.76. The summed E-state index contributed by atoms with van der Waals surface area (Å²) in [5.41, 5.74) is 0.512. The zero-order chi connectivity index (χ0) is 15.6. The molecular formula is C17H33N3O. The van der Waals surface area contributed by atoms with Gasteiger partial charge in [0.05, 0.1) is 0 Å². The first-order valence-electron chi connectivity index (χ1n) is 8.60. The Kier molecular flexibility index (Phi) is 5.18. The smallest absolute Gasteiger partial charge is 0.319 e. The van der Waals surface area contributed by atoms with Crippen molar-refractivity contribution in [1.29, 1.82) is 0 Å². The maximum atomic E-state index is 12.4. The number of rotatable bonds is 2. The fourth-order valence-corrected chi connectivity index (χ4v) is 3.63. The first-order valence-corrected chi connectivity index (χ1v) is 8.60. The second-order valence-electron chi connectivity index (χ2n) is 7.60. The lowest BCUT2D eigenvalue weighted by Crippen LogP contribution is -2.52. The highest BCUT2D eigenvalue weighted by Gasteiger charge is 2.39. The number of likely N-dealkylation sites (tertiary alicyclic amines) is 2. The third-order valence-electron chi connectivity index (χ3n) is 5.76. The van der Waals surface area contributed by atoms with E-state index in [-0.39, 0.29) is 12.1 Å². The van der Waals surface area contributed by atoms with Crippen molar-refractivity contribution in [3.63, 3.8) is 0 Å². The average Bonchev–Trinajstić information content (AvgIpc) is 2.47. The van der Waals surface area contributed by atoms with Crippen LogP contribution in [-0.2, 0) is 0 Å². The summed E-state index contributed by atoms with van der Waals surface area (Å²) in [5.74, 6) is 0. The van der Waals surface area contributed by atoms with Crippen LogP contribution in [-0.4, -0.2) is 66.0 Å². The van der Waals surface area contributed by atoms with Crippen molar-refractivity contribution in [3.05, 3.63) is 0 Å². The van der Waals surface area contributed by atoms with E-state index < -0.39 is 0 Å². The van der Waals surface area contributed by atoms with Gasteiger partial charge < -0.3 is 14.7 Å². The Morgan fingerprint density at radius 2 is 1.43 bits per heavy atom. The number of piperidine rings is 2. The number of hydrogen-bond acceptors (Lipinski definition) is 2. The van der Waals surface area contributed by atoms with E-state index >= 15 is 0 Å². The Hall–Kier alpha value is -0.770. The first-order chi connectivity index (χ1) is 9.84. The Balaban J connectivity index is 1.85. The lowest BCUT2D eigenvalue weighted by atomic mass is 9.71. The van der Waals surface area contributed by atoms with Crippen LogP contribution in [0.3, 0.4) is 0 Å². The highest BCUT2D eigenvalue weighted by molar-refractivity contribution is 5.74. The second-order valence-corrected chi connectivity index (χ2v) is 7.60. The molecule has 122 valence electrons. The van der Waals surface area contributed by atoms with Crippen LogP contribution >= 0.6 is 0 Å². The van der Waals surface area contributed by atoms with Gasteiger partial charge in [0, 0.05) is 32.2 Å². The van der Waals surface area contributed by atoms with Crippen molar-refractivity contribution in [2.24, 2.45) is 5.41 Å². The summed E-state index contributed by atoms with van der Waals surface area (Å²) in [5, 5.41) is 0. The number of amides is 2. The van der Waals surface area contributed by atoms with Crippen LogP contribution in [0.25, 0.3) is 0 Å². The number of urea groups is 1. The normalized spacial score (nSPS) is 23.1. The van der Waals surface area contributed by atoms with Crippen LogP contribution in [0.5, 0.6) is 0 Å². The van der Waals surface area contributed by atoms with E-state index in [4.69, 9.17) is 0 Å². The van der Waals surface area contributed by atoms with Crippen molar-refractivity contribution in [2.45, 2.75) is 65.5 Å². The maximum Gasteiger partial charge on any atom is 0.319 e. The molecule has 0 atom stereocenters. The Bertz CT molecular complexity index is 349. The van der Waals surface area contributed by atoms with Crippen LogP contribution in [0, 0.1) is 5.41 Å². The van der Waals surface area contributed by atoms with Gasteiger partial charge in [0.2, 0.25) is 0 Å². The van der Waals surface area contributed by atoms with Crippen molar-refractivity contribution in [1.82, 2.24) is 14.7 Å². The molecule has 0 aromatic carbocycles. The minimum Gasteiger partial charge on any atom is -0.325 e. The minimum absolute atomic E-state index is 0.208. The summed E-state index contributed by atoms with van der Waals surface area (Å²) in [6.45, 7) is 13.1. The summed E-state index contributed by atoms with van der Waals surface area (Å²) in [4.78, 5) is 18.9. The molecule has 4 nitrogen and oxygen atoms in total. The molecule has 2 fully saturated rings. The summed E-state index contributed by atoms with van der Waals surface area (Å²) in [6, 6.07) is 1.16. The van der Waals surface area contributed by atoms with Crippen molar-refractivity contribution >= 4 is 6.03 Å². The molecule has 2 aliphatic rings. The zero-order valence-corrected chi connectivity index (χ0v) is 14.6. The van der Waals surface area contributed by atoms with Gasteiger partial charge in [-0.1, -0.05) is 0 Å². The van der Waals surface area contributed by atoms with Crippen molar-refractivity contribution < 1.29 is 4.79 Å². The van der Waals surface area contributed by atoms with Gasteiger partial charge in [-0.2, -0.15) is 0 Å². The van der Waals surface area contributed by atoms with E-state index in [0.29, 0.717) is 11.5 Å². The highest BCUT2D eigenvalue weighted by atomic mass is 16.2. The van der Waals surface area contributed by atoms with Crippen molar-refractivity contribution in [2.75, 3.05) is 33.2 Å². The molecule has 2 aliphatic heterocycles. The van der Waals surface area contributed by atoms with E-state index in [1.165, 1.54) is 38.8 Å². The summed E-state index contributed by atoms with van der Waals surface area (Å²) < 4.78 is 0. The van der Waals surface area contributed by atoms with Crippen LogP contribution in [0.2, 0.25) is 0 Å². The summed E-state index contributed by atoms with van der Waals surface area (Å²) in [7, 11) is 1.92. The van der Waals surface area contributed by atoms with Gasteiger partial charge in [0.1, 0.15) is 0 Å². The Morgan fingerprint density at radius 3 is 1.86 bits per heavy atom. The molecule has 0 aliphatic carbocycles. The van der Waals surface area contributed by atoms with Gasteiger partial charge in [0.25, 0.3) is 0 Å². The molecule has 0 unspecified atom stereocenters. The fourth-order valence-electron chi connectivity index (χ4n) is 3.63. The number of hydrogen-bond donors (Lipinski definition) is 0. The largest absolute Gasteiger partial charge is 0.325 e. The molecule has 0 saturated carbocycles.